The van der Waals surface area contributed by atoms with E-state index in [0.717, 1.165) is 0 Å². The predicted octanol–water partition coefficient (Wildman–Crippen LogP) is -2.20. The fourth-order valence-electron chi connectivity index (χ4n) is 2.87. The first-order chi connectivity index (χ1) is 16.4. The minimum absolute atomic E-state index is 0.0739. The molecule has 0 aliphatic rings. The third-order valence-electron chi connectivity index (χ3n) is 4.85. The Balaban J connectivity index is 2.88. The topological polar surface area (TPSA) is 235 Å². The van der Waals surface area contributed by atoms with Gasteiger partial charge in [0.05, 0.1) is 6.04 Å². The summed E-state index contributed by atoms with van der Waals surface area (Å²) in [6, 6.07) is 1.79. The van der Waals surface area contributed by atoms with Gasteiger partial charge in [0.25, 0.3) is 0 Å². The summed E-state index contributed by atoms with van der Waals surface area (Å²) >= 11 is 4.05. The number of nitrogens with two attached hydrogens (primary N) is 3. The van der Waals surface area contributed by atoms with Crippen molar-refractivity contribution in [2.45, 2.75) is 50.4 Å². The standard InChI is InChI=1S/C21H33N7O6S/c1-11(20(33)34)26-19(32)16(10-35)28-18(31)15(3-2-8-25-21(23)24)27-17(30)14(22)9-12-4-6-13(29)7-5-12/h4-7,11,14-16,29,35H,2-3,8-10,22H2,1H3,(H,26,32)(H,27,30)(H,28,31)(H,33,34)(H4,23,24,25). The number of carboxylic acid groups (broad SMARTS) is 1. The van der Waals surface area contributed by atoms with Gasteiger partial charge in [0, 0.05) is 12.3 Å². The first-order valence-electron chi connectivity index (χ1n) is 10.8. The van der Waals surface area contributed by atoms with Crippen molar-refractivity contribution in [3.63, 3.8) is 0 Å². The van der Waals surface area contributed by atoms with E-state index in [2.05, 4.69) is 33.6 Å². The number of rotatable bonds is 14. The Morgan fingerprint density at radius 3 is 2.11 bits per heavy atom. The molecular formula is C21H33N7O6S. The molecule has 4 unspecified atom stereocenters. The molecule has 0 bridgehead atoms. The number of hydrogen-bond acceptors (Lipinski definition) is 8. The number of aliphatic carboxylic acids is 1. The molecule has 0 aliphatic carbocycles. The quantitative estimate of drug-likeness (QED) is 0.0569. The zero-order valence-electron chi connectivity index (χ0n) is 19.3. The molecule has 0 heterocycles. The van der Waals surface area contributed by atoms with Crippen molar-refractivity contribution in [1.29, 1.82) is 0 Å². The van der Waals surface area contributed by atoms with Crippen LogP contribution in [0.15, 0.2) is 29.3 Å². The van der Waals surface area contributed by atoms with Crippen LogP contribution in [-0.4, -0.2) is 76.3 Å². The molecule has 194 valence electrons. The molecule has 0 saturated heterocycles. The third kappa shape index (κ3) is 11.0. The highest BCUT2D eigenvalue weighted by Gasteiger charge is 2.28. The van der Waals surface area contributed by atoms with Crippen molar-refractivity contribution in [3.8, 4) is 5.75 Å². The number of carboxylic acids is 1. The number of thiol groups is 1. The molecule has 0 aromatic heterocycles. The molecule has 1 aromatic rings. The number of nitrogens with zero attached hydrogens (tertiary/aromatic N) is 1. The van der Waals surface area contributed by atoms with Crippen molar-refractivity contribution >= 4 is 42.3 Å². The van der Waals surface area contributed by atoms with Crippen LogP contribution in [0.4, 0.5) is 0 Å². The van der Waals surface area contributed by atoms with E-state index in [4.69, 9.17) is 22.3 Å². The van der Waals surface area contributed by atoms with Crippen LogP contribution >= 0.6 is 12.6 Å². The van der Waals surface area contributed by atoms with Crippen LogP contribution in [0.2, 0.25) is 0 Å². The van der Waals surface area contributed by atoms with Gasteiger partial charge in [0.15, 0.2) is 5.96 Å². The molecule has 13 nitrogen and oxygen atoms in total. The Bertz CT molecular complexity index is 908. The van der Waals surface area contributed by atoms with Gasteiger partial charge in [-0.2, -0.15) is 12.6 Å². The number of carbonyl (C=O) groups is 4. The molecule has 3 amide bonds. The second-order valence-electron chi connectivity index (χ2n) is 7.80. The van der Waals surface area contributed by atoms with E-state index in [1.807, 2.05) is 0 Å². The van der Waals surface area contributed by atoms with Crippen LogP contribution in [0.1, 0.15) is 25.3 Å². The van der Waals surface area contributed by atoms with Gasteiger partial charge >= 0.3 is 5.97 Å². The average molecular weight is 512 g/mol. The van der Waals surface area contributed by atoms with E-state index in [0.29, 0.717) is 12.0 Å². The van der Waals surface area contributed by atoms with Crippen molar-refractivity contribution in [2.24, 2.45) is 22.2 Å². The Hall–Kier alpha value is -3.52. The van der Waals surface area contributed by atoms with Gasteiger partial charge in [-0.15, -0.1) is 0 Å². The number of guanidine groups is 1. The summed E-state index contributed by atoms with van der Waals surface area (Å²) in [6.45, 7) is 1.48. The van der Waals surface area contributed by atoms with Crippen molar-refractivity contribution < 1.29 is 29.4 Å². The van der Waals surface area contributed by atoms with Gasteiger partial charge in [0.1, 0.15) is 23.9 Å². The molecule has 1 rings (SSSR count). The maximum Gasteiger partial charge on any atom is 0.325 e. The number of aromatic hydroxyl groups is 1. The number of benzene rings is 1. The van der Waals surface area contributed by atoms with Crippen LogP contribution in [0.3, 0.4) is 0 Å². The maximum atomic E-state index is 12.9. The largest absolute Gasteiger partial charge is 0.508 e. The summed E-state index contributed by atoms with van der Waals surface area (Å²) in [6.07, 6.45) is 0.618. The van der Waals surface area contributed by atoms with E-state index in [1.54, 1.807) is 12.1 Å². The average Bonchev–Trinajstić information content (AvgIpc) is 2.80. The molecule has 0 spiro atoms. The summed E-state index contributed by atoms with van der Waals surface area (Å²) in [5.74, 6) is -3.43. The van der Waals surface area contributed by atoms with Crippen LogP contribution in [0.25, 0.3) is 0 Å². The highest BCUT2D eigenvalue weighted by atomic mass is 32.1. The van der Waals surface area contributed by atoms with Gasteiger partial charge in [0.2, 0.25) is 17.7 Å². The predicted molar refractivity (Wildman–Crippen MR) is 133 cm³/mol. The number of phenolic OH excluding ortho intramolecular Hbond substituents is 1. The zero-order chi connectivity index (χ0) is 26.5. The van der Waals surface area contributed by atoms with E-state index < -0.39 is 47.9 Å². The number of aliphatic imine (C=N–C) groups is 1. The highest BCUT2D eigenvalue weighted by molar-refractivity contribution is 7.80. The molecule has 0 fully saturated rings. The Kier molecular flexibility index (Phi) is 12.4. The summed E-state index contributed by atoms with van der Waals surface area (Å²) in [5, 5.41) is 25.7. The SMILES string of the molecule is CC(NC(=O)C(CS)NC(=O)C(CCCN=C(N)N)NC(=O)C(N)Cc1ccc(O)cc1)C(=O)O. The summed E-state index contributed by atoms with van der Waals surface area (Å²) in [5.41, 5.74) is 17.3. The molecule has 1 aromatic carbocycles. The van der Waals surface area contributed by atoms with Gasteiger partial charge in [-0.3, -0.25) is 24.2 Å². The smallest absolute Gasteiger partial charge is 0.325 e. The van der Waals surface area contributed by atoms with Crippen LogP contribution in [-0.2, 0) is 25.6 Å². The maximum absolute atomic E-state index is 12.9. The van der Waals surface area contributed by atoms with E-state index in [9.17, 15) is 24.3 Å². The van der Waals surface area contributed by atoms with Gasteiger partial charge in [-0.05, 0) is 43.9 Å². The minimum Gasteiger partial charge on any atom is -0.508 e. The summed E-state index contributed by atoms with van der Waals surface area (Å²) in [4.78, 5) is 52.7. The number of amides is 3. The molecule has 0 aliphatic heterocycles. The first-order valence-corrected chi connectivity index (χ1v) is 11.4. The zero-order valence-corrected chi connectivity index (χ0v) is 20.2. The molecule has 35 heavy (non-hydrogen) atoms. The Morgan fingerprint density at radius 2 is 1.57 bits per heavy atom. The molecule has 14 heteroatoms. The lowest BCUT2D eigenvalue weighted by Gasteiger charge is -2.24. The molecule has 0 radical (unpaired) electrons. The fourth-order valence-corrected chi connectivity index (χ4v) is 3.13. The molecule has 0 saturated carbocycles. The number of carbonyl (C=O) groups excluding carboxylic acids is 3. The molecular weight excluding hydrogens is 478 g/mol. The number of hydrogen-bond donors (Lipinski definition) is 9. The van der Waals surface area contributed by atoms with Crippen LogP contribution in [0.5, 0.6) is 5.75 Å². The first kappa shape index (κ1) is 29.5. The second kappa shape index (κ2) is 14.7. The number of phenols is 1. The number of nitrogens with one attached hydrogen (secondary N) is 3. The van der Waals surface area contributed by atoms with Crippen LogP contribution < -0.4 is 33.2 Å². The fraction of sp³-hybridized carbons (Fsp3) is 0.476. The van der Waals surface area contributed by atoms with Crippen molar-refractivity contribution in [2.75, 3.05) is 12.3 Å². The minimum atomic E-state index is -1.24. The lowest BCUT2D eigenvalue weighted by atomic mass is 10.0. The van der Waals surface area contributed by atoms with Gasteiger partial charge < -0.3 is 43.4 Å². The molecule has 4 atom stereocenters. The highest BCUT2D eigenvalue weighted by Crippen LogP contribution is 2.11. The van der Waals surface area contributed by atoms with Gasteiger partial charge in [-0.25, -0.2) is 0 Å². The monoisotopic (exact) mass is 511 g/mol. The Labute approximate surface area is 208 Å². The summed E-state index contributed by atoms with van der Waals surface area (Å²) < 4.78 is 0. The van der Waals surface area contributed by atoms with E-state index >= 15 is 0 Å². The lowest BCUT2D eigenvalue weighted by Crippen LogP contribution is -2.57. The Morgan fingerprint density at radius 1 is 1.00 bits per heavy atom. The second-order valence-corrected chi connectivity index (χ2v) is 8.16. The normalized spacial score (nSPS) is 14.0. The van der Waals surface area contributed by atoms with Crippen LogP contribution in [0, 0.1) is 0 Å². The molecule has 11 N–H and O–H groups in total. The van der Waals surface area contributed by atoms with E-state index in [-0.39, 0.29) is 36.8 Å². The summed E-state index contributed by atoms with van der Waals surface area (Å²) in [7, 11) is 0. The van der Waals surface area contributed by atoms with E-state index in [1.165, 1.54) is 19.1 Å². The van der Waals surface area contributed by atoms with Crippen molar-refractivity contribution in [1.82, 2.24) is 16.0 Å². The lowest BCUT2D eigenvalue weighted by molar-refractivity contribution is -0.141. The third-order valence-corrected chi connectivity index (χ3v) is 5.22. The van der Waals surface area contributed by atoms with Gasteiger partial charge in [-0.1, -0.05) is 12.1 Å². The van der Waals surface area contributed by atoms with Crippen molar-refractivity contribution in [3.05, 3.63) is 29.8 Å².